The van der Waals surface area contributed by atoms with E-state index in [1.807, 2.05) is 42.8 Å². The van der Waals surface area contributed by atoms with Crippen LogP contribution in [0.1, 0.15) is 102 Å². The number of ether oxygens (including phenoxy) is 4. The Morgan fingerprint density at radius 1 is 0.844 bits per heavy atom. The van der Waals surface area contributed by atoms with Gasteiger partial charge in [-0.3, -0.25) is 9.59 Å². The number of nitrogens with zero attached hydrogens (tertiary/aromatic N) is 4. The molecule has 5 aromatic rings. The molecule has 3 saturated heterocycles. The van der Waals surface area contributed by atoms with Crippen molar-refractivity contribution in [2.24, 2.45) is 11.8 Å². The fourth-order valence-electron chi connectivity index (χ4n) is 10.4. The summed E-state index contributed by atoms with van der Waals surface area (Å²) in [5.41, 5.74) is 6.61. The summed E-state index contributed by atoms with van der Waals surface area (Å²) >= 11 is 0. The van der Waals surface area contributed by atoms with Crippen molar-refractivity contribution >= 4 is 45.8 Å². The molecule has 4 aliphatic rings. The van der Waals surface area contributed by atoms with E-state index in [2.05, 4.69) is 63.9 Å². The molecule has 64 heavy (non-hydrogen) atoms. The fraction of sp³-hybridized carbons (Fsp3) is 0.500. The summed E-state index contributed by atoms with van der Waals surface area (Å²) < 4.78 is 21.8. The van der Waals surface area contributed by atoms with Crippen molar-refractivity contribution in [2.75, 3.05) is 27.4 Å². The highest BCUT2D eigenvalue weighted by Crippen LogP contribution is 2.44. The molecule has 6 atom stereocenters. The smallest absolute Gasteiger partial charge is 0.407 e. The molecule has 4 amide bonds. The summed E-state index contributed by atoms with van der Waals surface area (Å²) in [5.74, 6) is 1.76. The second-order valence-electron chi connectivity index (χ2n) is 18.0. The van der Waals surface area contributed by atoms with E-state index >= 15 is 0 Å². The van der Waals surface area contributed by atoms with E-state index in [-0.39, 0.29) is 47.8 Å². The Bertz CT molecular complexity index is 2580. The predicted octanol–water partition coefficient (Wildman–Crippen LogP) is 7.69. The van der Waals surface area contributed by atoms with Crippen LogP contribution in [0.25, 0.3) is 44.2 Å². The van der Waals surface area contributed by atoms with Gasteiger partial charge in [-0.1, -0.05) is 39.0 Å². The zero-order valence-electron chi connectivity index (χ0n) is 37.4. The lowest BCUT2D eigenvalue weighted by molar-refractivity contribution is -0.139. The van der Waals surface area contributed by atoms with E-state index in [1.54, 1.807) is 0 Å². The molecule has 3 aromatic carbocycles. The van der Waals surface area contributed by atoms with Crippen LogP contribution in [0.15, 0.2) is 48.7 Å². The van der Waals surface area contributed by atoms with Gasteiger partial charge in [-0.15, -0.1) is 0 Å². The number of methoxy groups -OCH3 is 2. The summed E-state index contributed by atoms with van der Waals surface area (Å²) in [7, 11) is 2.61. The number of alkyl carbamates (subject to hydrolysis) is 2. The van der Waals surface area contributed by atoms with Crippen LogP contribution in [0.2, 0.25) is 0 Å². The number of likely N-dealkylation sites (tertiary alicyclic amines) is 2. The highest BCUT2D eigenvalue weighted by Gasteiger charge is 2.44. The molecule has 0 spiro atoms. The topological polar surface area (TPSA) is 193 Å². The SMILES string of the molecule is CC[C@H]1CC[C@@H](c2nc3ccc4cc5c(cc4c3[nH]2)OCc2cc(-c3cnc([C@@H]4CC[C@H](C)N4C(=O)C(NC(=O)OC)C4CCOCC4)[nH]3)ccc2-5)N1C(=O)[C@@H](NC(=O)OC)C(C)C. The van der Waals surface area contributed by atoms with Gasteiger partial charge in [0, 0.05) is 36.2 Å². The molecule has 0 radical (unpaired) electrons. The molecule has 16 nitrogen and oxygen atoms in total. The Hall–Kier alpha value is -6.16. The second-order valence-corrected chi connectivity index (χ2v) is 18.0. The third kappa shape index (κ3) is 7.90. The molecule has 1 unspecified atom stereocenters. The van der Waals surface area contributed by atoms with E-state index in [9.17, 15) is 19.2 Å². The molecule has 0 saturated carbocycles. The number of H-pyrrole nitrogens is 2. The van der Waals surface area contributed by atoms with Gasteiger partial charge in [-0.05, 0) is 110 Å². The van der Waals surface area contributed by atoms with Crippen molar-refractivity contribution in [3.05, 3.63) is 65.9 Å². The van der Waals surface area contributed by atoms with Gasteiger partial charge in [-0.25, -0.2) is 19.6 Å². The van der Waals surface area contributed by atoms with E-state index in [0.717, 1.165) is 93.4 Å². The third-order valence-electron chi connectivity index (χ3n) is 13.9. The molecule has 0 bridgehead atoms. The standard InChI is InChI=1S/C48H58N8O8/c1-7-31-11-15-38(56(31)45(57)40(25(2)3)53-47(59)61-5)44-50-35-13-10-28-21-34-32-12-9-29(20-30(32)24-64-39(34)22-33(28)42(35)52-44)36-23-49-43(51-36)37-14-8-26(4)55(37)46(58)41(54-48(60)62-6)27-16-18-63-19-17-27/h9-10,12-13,20-23,25-27,31,37-38,40-41H,7-8,11,14-19,24H2,1-6H3,(H,49,51)(H,50,52)(H,53,59)(H,54,60)/t26-,31-,37-,38-,40-,41?/m0/s1. The maximum atomic E-state index is 14.3. The number of aromatic amines is 2. The van der Waals surface area contributed by atoms with Crippen molar-refractivity contribution < 1.29 is 38.1 Å². The lowest BCUT2D eigenvalue weighted by atomic mass is 9.90. The van der Waals surface area contributed by atoms with Gasteiger partial charge in [0.15, 0.2) is 0 Å². The van der Waals surface area contributed by atoms with Crippen LogP contribution in [0, 0.1) is 11.8 Å². The van der Waals surface area contributed by atoms with Gasteiger partial charge in [-0.2, -0.15) is 0 Å². The van der Waals surface area contributed by atoms with Gasteiger partial charge in [0.05, 0.1) is 49.2 Å². The zero-order chi connectivity index (χ0) is 44.8. The van der Waals surface area contributed by atoms with Gasteiger partial charge >= 0.3 is 12.2 Å². The zero-order valence-corrected chi connectivity index (χ0v) is 37.4. The molecule has 2 aromatic heterocycles. The highest BCUT2D eigenvalue weighted by atomic mass is 16.5. The number of carbonyl (C=O) groups is 4. The van der Waals surface area contributed by atoms with Crippen molar-refractivity contribution in [3.8, 4) is 28.1 Å². The van der Waals surface area contributed by atoms with Gasteiger partial charge < -0.3 is 49.3 Å². The minimum absolute atomic E-state index is 0.0233. The molecule has 16 heteroatoms. The van der Waals surface area contributed by atoms with E-state index in [1.165, 1.54) is 14.2 Å². The Morgan fingerprint density at radius 2 is 1.59 bits per heavy atom. The van der Waals surface area contributed by atoms with Crippen LogP contribution in [0.5, 0.6) is 5.75 Å². The van der Waals surface area contributed by atoms with E-state index in [4.69, 9.17) is 28.9 Å². The summed E-state index contributed by atoms with van der Waals surface area (Å²) in [5, 5.41) is 7.61. The summed E-state index contributed by atoms with van der Waals surface area (Å²) in [4.78, 5) is 73.9. The molecule has 9 rings (SSSR count). The van der Waals surface area contributed by atoms with E-state index < -0.39 is 24.3 Å². The number of aromatic nitrogens is 4. The van der Waals surface area contributed by atoms with Crippen molar-refractivity contribution in [3.63, 3.8) is 0 Å². The van der Waals surface area contributed by atoms with Crippen molar-refractivity contribution in [2.45, 2.75) is 115 Å². The average molecular weight is 875 g/mol. The van der Waals surface area contributed by atoms with E-state index in [0.29, 0.717) is 38.5 Å². The Balaban J connectivity index is 0.964. The van der Waals surface area contributed by atoms with Crippen LogP contribution in [0.4, 0.5) is 9.59 Å². The van der Waals surface area contributed by atoms with Crippen LogP contribution >= 0.6 is 0 Å². The first kappa shape index (κ1) is 43.1. The maximum Gasteiger partial charge on any atom is 0.407 e. The third-order valence-corrected chi connectivity index (χ3v) is 13.9. The largest absolute Gasteiger partial charge is 0.488 e. The highest BCUT2D eigenvalue weighted by molar-refractivity contribution is 6.07. The number of benzene rings is 3. The Kier molecular flexibility index (Phi) is 12.0. The number of amides is 4. The first-order valence-corrected chi connectivity index (χ1v) is 22.7. The number of hydrogen-bond donors (Lipinski definition) is 4. The Labute approximate surface area is 372 Å². The Morgan fingerprint density at radius 3 is 2.34 bits per heavy atom. The number of carbonyl (C=O) groups excluding carboxylic acids is 4. The maximum absolute atomic E-state index is 14.3. The molecule has 338 valence electrons. The van der Waals surface area contributed by atoms with Crippen LogP contribution in [0.3, 0.4) is 0 Å². The second kappa shape index (κ2) is 17.8. The number of fused-ring (bicyclic) bond motifs is 6. The van der Waals surface area contributed by atoms with Crippen LogP contribution < -0.4 is 15.4 Å². The normalized spacial score (nSPS) is 21.9. The minimum atomic E-state index is -0.726. The average Bonchev–Trinajstić information content (AvgIpc) is 4.14. The summed E-state index contributed by atoms with van der Waals surface area (Å²) in [6.07, 6.45) is 5.89. The van der Waals surface area contributed by atoms with Crippen molar-refractivity contribution in [1.82, 2.24) is 40.4 Å². The van der Waals surface area contributed by atoms with Crippen LogP contribution in [-0.2, 0) is 30.4 Å². The molecule has 4 N–H and O–H groups in total. The quantitative estimate of drug-likeness (QED) is 0.108. The number of rotatable bonds is 10. The van der Waals surface area contributed by atoms with Gasteiger partial charge in [0.1, 0.15) is 36.1 Å². The molecule has 6 heterocycles. The first-order valence-electron chi connectivity index (χ1n) is 22.7. The number of nitrogens with one attached hydrogen (secondary N) is 4. The van der Waals surface area contributed by atoms with Crippen LogP contribution in [-0.4, -0.2) is 105 Å². The van der Waals surface area contributed by atoms with Gasteiger partial charge in [0.2, 0.25) is 11.8 Å². The molecule has 0 aliphatic carbocycles. The summed E-state index contributed by atoms with van der Waals surface area (Å²) in [6, 6.07) is 12.7. The lowest BCUT2D eigenvalue weighted by Gasteiger charge is -2.36. The monoisotopic (exact) mass is 874 g/mol. The first-order chi connectivity index (χ1) is 31.0. The fourth-order valence-corrected chi connectivity index (χ4v) is 10.4. The number of hydrogen-bond acceptors (Lipinski definition) is 10. The molecule has 4 aliphatic heterocycles. The summed E-state index contributed by atoms with van der Waals surface area (Å²) in [6.45, 7) is 9.45. The molecular formula is C48H58N8O8. The lowest BCUT2D eigenvalue weighted by Crippen LogP contribution is -2.54. The molecule has 3 fully saturated rings. The number of imidazole rings is 2. The van der Waals surface area contributed by atoms with Crippen molar-refractivity contribution in [1.29, 1.82) is 0 Å². The predicted molar refractivity (Wildman–Crippen MR) is 239 cm³/mol. The van der Waals surface area contributed by atoms with Gasteiger partial charge in [0.25, 0.3) is 0 Å². The molecular weight excluding hydrogens is 817 g/mol. The minimum Gasteiger partial charge on any atom is -0.488 e.